The van der Waals surface area contributed by atoms with Crippen molar-refractivity contribution in [3.05, 3.63) is 58.7 Å². The lowest BCUT2D eigenvalue weighted by Gasteiger charge is -2.16. The number of anilines is 1. The first-order valence-corrected chi connectivity index (χ1v) is 10.1. The maximum Gasteiger partial charge on any atom is 0.266 e. The van der Waals surface area contributed by atoms with Crippen LogP contribution in [-0.4, -0.2) is 30.6 Å². The van der Waals surface area contributed by atoms with Crippen LogP contribution in [0.15, 0.2) is 36.8 Å². The normalized spacial score (nSPS) is 11.8. The quantitative estimate of drug-likeness (QED) is 0.544. The molecule has 0 aliphatic heterocycles. The van der Waals surface area contributed by atoms with Gasteiger partial charge in [0, 0.05) is 29.4 Å². The lowest BCUT2D eigenvalue weighted by atomic mass is 9.95. The first-order chi connectivity index (χ1) is 13.8. The molecular weight excluding hydrogens is 384 g/mol. The van der Waals surface area contributed by atoms with E-state index in [1.807, 2.05) is 26.0 Å². The average Bonchev–Trinajstić information content (AvgIpc) is 3.30. The van der Waals surface area contributed by atoms with E-state index in [4.69, 9.17) is 4.98 Å². The Morgan fingerprint density at radius 2 is 1.93 bits per heavy atom. The second-order valence-electron chi connectivity index (χ2n) is 7.90. The number of carbonyl (C=O) groups excluding carboxylic acids is 1. The predicted molar refractivity (Wildman–Crippen MR) is 115 cm³/mol. The van der Waals surface area contributed by atoms with Crippen molar-refractivity contribution in [1.29, 1.82) is 0 Å². The second-order valence-corrected chi connectivity index (χ2v) is 8.90. The number of aryl methyl sites for hydroxylation is 2. The van der Waals surface area contributed by atoms with Crippen LogP contribution in [0, 0.1) is 13.8 Å². The van der Waals surface area contributed by atoms with Crippen LogP contribution in [0.5, 0.6) is 0 Å². The van der Waals surface area contributed by atoms with Crippen LogP contribution in [0.2, 0.25) is 0 Å². The first kappa shape index (κ1) is 19.2. The number of fused-ring (bicyclic) bond motifs is 1. The van der Waals surface area contributed by atoms with Gasteiger partial charge < -0.3 is 5.32 Å². The van der Waals surface area contributed by atoms with E-state index < -0.39 is 0 Å². The van der Waals surface area contributed by atoms with Gasteiger partial charge in [0.15, 0.2) is 5.82 Å². The van der Waals surface area contributed by atoms with E-state index in [0.29, 0.717) is 16.4 Å². The zero-order valence-electron chi connectivity index (χ0n) is 17.0. The zero-order chi connectivity index (χ0) is 20.8. The second kappa shape index (κ2) is 7.04. The van der Waals surface area contributed by atoms with Crippen LogP contribution in [0.25, 0.3) is 16.0 Å². The van der Waals surface area contributed by atoms with Crippen molar-refractivity contribution >= 4 is 33.1 Å². The summed E-state index contributed by atoms with van der Waals surface area (Å²) in [4.78, 5) is 28.3. The summed E-state index contributed by atoms with van der Waals surface area (Å²) < 4.78 is 1.62. The third-order valence-electron chi connectivity index (χ3n) is 4.60. The molecule has 1 N–H and O–H groups in total. The molecule has 0 fully saturated rings. The molecule has 148 valence electrons. The van der Waals surface area contributed by atoms with E-state index in [9.17, 15) is 4.79 Å². The van der Waals surface area contributed by atoms with E-state index in [1.165, 1.54) is 11.3 Å². The Hall–Kier alpha value is -3.13. The number of thiophene rings is 1. The fourth-order valence-corrected chi connectivity index (χ4v) is 4.27. The molecule has 4 aromatic heterocycles. The van der Waals surface area contributed by atoms with Crippen LogP contribution in [0.3, 0.4) is 0 Å². The molecule has 4 aromatic rings. The molecule has 0 aromatic carbocycles. The summed E-state index contributed by atoms with van der Waals surface area (Å²) in [6, 6.07) is 5.41. The molecule has 0 spiro atoms. The maximum absolute atomic E-state index is 13.1. The third kappa shape index (κ3) is 3.51. The van der Waals surface area contributed by atoms with Gasteiger partial charge in [0.25, 0.3) is 5.91 Å². The SMILES string of the molecule is Cc1nc(C(C)(C)C)nc2sc(C(=O)Nc3cccnc3-n3cccn3)c(C)c12. The zero-order valence-corrected chi connectivity index (χ0v) is 17.8. The minimum Gasteiger partial charge on any atom is -0.318 e. The molecule has 7 nitrogen and oxygen atoms in total. The standard InChI is InChI=1S/C21H22N6OS/c1-12-15-13(2)24-20(21(3,4)5)26-19(15)29-16(12)18(28)25-14-8-6-9-22-17(14)27-11-7-10-23-27/h6-11H,1-5H3,(H,25,28). The van der Waals surface area contributed by atoms with Crippen LogP contribution in [-0.2, 0) is 5.41 Å². The number of amides is 1. The summed E-state index contributed by atoms with van der Waals surface area (Å²) in [5.41, 5.74) is 2.22. The number of aromatic nitrogens is 5. The summed E-state index contributed by atoms with van der Waals surface area (Å²) in [7, 11) is 0. The van der Waals surface area contributed by atoms with Gasteiger partial charge in [0.1, 0.15) is 10.7 Å². The Morgan fingerprint density at radius 3 is 2.62 bits per heavy atom. The number of hydrogen-bond acceptors (Lipinski definition) is 6. The number of rotatable bonds is 3. The number of nitrogens with one attached hydrogen (secondary N) is 1. The molecular formula is C21H22N6OS. The Kier molecular flexibility index (Phi) is 4.66. The molecule has 0 radical (unpaired) electrons. The summed E-state index contributed by atoms with van der Waals surface area (Å²) in [6.07, 6.45) is 5.13. The molecule has 0 aliphatic rings. The molecule has 0 bridgehead atoms. The number of pyridine rings is 1. The van der Waals surface area contributed by atoms with Gasteiger partial charge in [0.2, 0.25) is 0 Å². The maximum atomic E-state index is 13.1. The molecule has 4 rings (SSSR count). The molecule has 29 heavy (non-hydrogen) atoms. The van der Waals surface area contributed by atoms with Crippen molar-refractivity contribution in [2.75, 3.05) is 5.32 Å². The monoisotopic (exact) mass is 406 g/mol. The van der Waals surface area contributed by atoms with Gasteiger partial charge in [-0.2, -0.15) is 5.10 Å². The van der Waals surface area contributed by atoms with E-state index in [1.54, 1.807) is 29.3 Å². The topological polar surface area (TPSA) is 85.6 Å². The smallest absolute Gasteiger partial charge is 0.266 e. The molecule has 0 saturated carbocycles. The van der Waals surface area contributed by atoms with Crippen LogP contribution in [0.1, 0.15) is 47.5 Å². The predicted octanol–water partition coefficient (Wildman–Crippen LogP) is 4.44. The molecule has 0 saturated heterocycles. The first-order valence-electron chi connectivity index (χ1n) is 9.30. The highest BCUT2D eigenvalue weighted by atomic mass is 32.1. The minimum absolute atomic E-state index is 0.159. The lowest BCUT2D eigenvalue weighted by Crippen LogP contribution is -2.16. The average molecular weight is 407 g/mol. The van der Waals surface area contributed by atoms with Gasteiger partial charge in [-0.1, -0.05) is 20.8 Å². The van der Waals surface area contributed by atoms with Crippen molar-refractivity contribution in [3.8, 4) is 5.82 Å². The van der Waals surface area contributed by atoms with E-state index in [0.717, 1.165) is 27.3 Å². The van der Waals surface area contributed by atoms with Gasteiger partial charge in [0.05, 0.1) is 16.3 Å². The van der Waals surface area contributed by atoms with E-state index in [-0.39, 0.29) is 11.3 Å². The fraction of sp³-hybridized carbons (Fsp3) is 0.286. The summed E-state index contributed by atoms with van der Waals surface area (Å²) in [5.74, 6) is 1.16. The molecule has 0 unspecified atom stereocenters. The molecule has 4 heterocycles. The Bertz CT molecular complexity index is 1200. The highest BCUT2D eigenvalue weighted by molar-refractivity contribution is 7.20. The van der Waals surface area contributed by atoms with Crippen LogP contribution >= 0.6 is 11.3 Å². The third-order valence-corrected chi connectivity index (χ3v) is 5.79. The van der Waals surface area contributed by atoms with Crippen molar-refractivity contribution in [3.63, 3.8) is 0 Å². The van der Waals surface area contributed by atoms with Gasteiger partial charge in [-0.3, -0.25) is 4.79 Å². The van der Waals surface area contributed by atoms with Crippen molar-refractivity contribution in [2.45, 2.75) is 40.0 Å². The largest absolute Gasteiger partial charge is 0.318 e. The van der Waals surface area contributed by atoms with E-state index >= 15 is 0 Å². The Labute approximate surface area is 172 Å². The number of hydrogen-bond donors (Lipinski definition) is 1. The summed E-state index contributed by atoms with van der Waals surface area (Å²) in [6.45, 7) is 10.2. The Morgan fingerprint density at radius 1 is 1.14 bits per heavy atom. The summed E-state index contributed by atoms with van der Waals surface area (Å²) >= 11 is 1.39. The van der Waals surface area contributed by atoms with Crippen molar-refractivity contribution < 1.29 is 4.79 Å². The minimum atomic E-state index is -0.191. The lowest BCUT2D eigenvalue weighted by molar-refractivity contribution is 0.103. The van der Waals surface area contributed by atoms with Gasteiger partial charge in [-0.05, 0) is 37.6 Å². The van der Waals surface area contributed by atoms with Crippen LogP contribution in [0.4, 0.5) is 5.69 Å². The number of carbonyl (C=O) groups is 1. The molecule has 1 amide bonds. The van der Waals surface area contributed by atoms with E-state index in [2.05, 4.69) is 41.2 Å². The van der Waals surface area contributed by atoms with Gasteiger partial charge >= 0.3 is 0 Å². The number of nitrogens with zero attached hydrogens (tertiary/aromatic N) is 5. The molecule has 0 atom stereocenters. The Balaban J connectivity index is 1.74. The van der Waals surface area contributed by atoms with Gasteiger partial charge in [-0.15, -0.1) is 11.3 Å². The van der Waals surface area contributed by atoms with Crippen molar-refractivity contribution in [2.24, 2.45) is 0 Å². The molecule has 8 heteroatoms. The highest BCUT2D eigenvalue weighted by Crippen LogP contribution is 2.33. The fourth-order valence-electron chi connectivity index (χ4n) is 3.14. The molecule has 0 aliphatic carbocycles. The van der Waals surface area contributed by atoms with Crippen LogP contribution < -0.4 is 5.32 Å². The summed E-state index contributed by atoms with van der Waals surface area (Å²) in [5, 5.41) is 8.14. The van der Waals surface area contributed by atoms with Crippen molar-refractivity contribution in [1.82, 2.24) is 24.7 Å². The highest BCUT2D eigenvalue weighted by Gasteiger charge is 2.24. The van der Waals surface area contributed by atoms with Gasteiger partial charge in [-0.25, -0.2) is 19.6 Å².